The Hall–Kier alpha value is -2.25. The van der Waals surface area contributed by atoms with Gasteiger partial charge in [-0.2, -0.15) is 0 Å². The third-order valence-electron chi connectivity index (χ3n) is 3.30. The summed E-state index contributed by atoms with van der Waals surface area (Å²) in [6.07, 6.45) is 5.11. The van der Waals surface area contributed by atoms with Crippen molar-refractivity contribution in [1.29, 1.82) is 0 Å². The van der Waals surface area contributed by atoms with Crippen molar-refractivity contribution in [3.63, 3.8) is 0 Å². The van der Waals surface area contributed by atoms with Gasteiger partial charge in [-0.05, 0) is 26.1 Å². The molecule has 1 aromatic heterocycles. The Bertz CT molecular complexity index is 606. The van der Waals surface area contributed by atoms with Crippen LogP contribution in [0.25, 0.3) is 11.0 Å². The van der Waals surface area contributed by atoms with Gasteiger partial charge in [0.25, 0.3) is 0 Å². The maximum atomic E-state index is 11.6. The number of hydrogen-bond acceptors (Lipinski definition) is 3. The van der Waals surface area contributed by atoms with Gasteiger partial charge in [-0.1, -0.05) is 24.1 Å². The first-order chi connectivity index (χ1) is 9.61. The van der Waals surface area contributed by atoms with Gasteiger partial charge in [0, 0.05) is 5.39 Å². The Morgan fingerprint density at radius 3 is 2.95 bits per heavy atom. The summed E-state index contributed by atoms with van der Waals surface area (Å²) in [6, 6.07) is 9.88. The second-order valence-electron chi connectivity index (χ2n) is 4.76. The highest BCUT2D eigenvalue weighted by atomic mass is 16.3. The maximum Gasteiger partial charge on any atom is 0.234 e. The zero-order valence-corrected chi connectivity index (χ0v) is 11.7. The number of nitrogens with zero attached hydrogens (tertiary/aromatic N) is 1. The van der Waals surface area contributed by atoms with Crippen LogP contribution in [0.4, 0.5) is 0 Å². The Labute approximate surface area is 118 Å². The average molecular weight is 270 g/mol. The van der Waals surface area contributed by atoms with E-state index in [0.29, 0.717) is 0 Å². The molecule has 0 radical (unpaired) electrons. The molecule has 0 saturated carbocycles. The van der Waals surface area contributed by atoms with E-state index in [1.807, 2.05) is 49.2 Å². The molecule has 0 bridgehead atoms. The van der Waals surface area contributed by atoms with Crippen molar-refractivity contribution in [1.82, 2.24) is 10.2 Å². The molecule has 1 N–H and O–H groups in total. The SMILES string of the molecule is C#CCNC(=O)CN(C)[C@@H](C)c1cc2ccccc2o1. The van der Waals surface area contributed by atoms with Gasteiger partial charge < -0.3 is 9.73 Å². The van der Waals surface area contributed by atoms with Gasteiger partial charge in [0.05, 0.1) is 19.1 Å². The third-order valence-corrected chi connectivity index (χ3v) is 3.30. The van der Waals surface area contributed by atoms with Crippen LogP contribution >= 0.6 is 0 Å². The molecule has 2 aromatic rings. The number of benzene rings is 1. The summed E-state index contributed by atoms with van der Waals surface area (Å²) < 4.78 is 5.81. The zero-order chi connectivity index (χ0) is 14.5. The van der Waals surface area contributed by atoms with E-state index >= 15 is 0 Å². The van der Waals surface area contributed by atoms with Crippen molar-refractivity contribution in [2.75, 3.05) is 20.1 Å². The van der Waals surface area contributed by atoms with Crippen LogP contribution in [0.2, 0.25) is 0 Å². The molecule has 0 unspecified atom stereocenters. The Morgan fingerprint density at radius 1 is 1.50 bits per heavy atom. The lowest BCUT2D eigenvalue weighted by molar-refractivity contribution is -0.122. The van der Waals surface area contributed by atoms with Crippen molar-refractivity contribution in [2.45, 2.75) is 13.0 Å². The zero-order valence-electron chi connectivity index (χ0n) is 11.7. The summed E-state index contributed by atoms with van der Waals surface area (Å²) in [6.45, 7) is 2.54. The fourth-order valence-corrected chi connectivity index (χ4v) is 1.99. The summed E-state index contributed by atoms with van der Waals surface area (Å²) in [4.78, 5) is 13.6. The van der Waals surface area contributed by atoms with E-state index < -0.39 is 0 Å². The van der Waals surface area contributed by atoms with E-state index in [9.17, 15) is 4.79 Å². The minimum atomic E-state index is -0.0894. The van der Waals surface area contributed by atoms with Crippen LogP contribution in [-0.2, 0) is 4.79 Å². The number of carbonyl (C=O) groups excluding carboxylic acids is 1. The van der Waals surface area contributed by atoms with E-state index in [-0.39, 0.29) is 25.0 Å². The van der Waals surface area contributed by atoms with Crippen LogP contribution in [0, 0.1) is 12.3 Å². The molecule has 0 spiro atoms. The van der Waals surface area contributed by atoms with Gasteiger partial charge in [-0.25, -0.2) is 0 Å². The molecule has 1 heterocycles. The predicted molar refractivity (Wildman–Crippen MR) is 79.1 cm³/mol. The Kier molecular flexibility index (Phi) is 4.44. The Balaban J connectivity index is 2.04. The third kappa shape index (κ3) is 3.19. The van der Waals surface area contributed by atoms with Gasteiger partial charge in [0.1, 0.15) is 11.3 Å². The smallest absolute Gasteiger partial charge is 0.234 e. The van der Waals surface area contributed by atoms with Gasteiger partial charge in [-0.15, -0.1) is 6.42 Å². The number of carbonyl (C=O) groups is 1. The summed E-state index contributed by atoms with van der Waals surface area (Å²) >= 11 is 0. The number of terminal acetylenes is 1. The van der Waals surface area contributed by atoms with Gasteiger partial charge in [-0.3, -0.25) is 9.69 Å². The summed E-state index contributed by atoms with van der Waals surface area (Å²) in [7, 11) is 1.88. The first kappa shape index (κ1) is 14.2. The molecule has 1 amide bonds. The van der Waals surface area contributed by atoms with Crippen LogP contribution in [0.1, 0.15) is 18.7 Å². The van der Waals surface area contributed by atoms with E-state index in [4.69, 9.17) is 10.8 Å². The topological polar surface area (TPSA) is 45.5 Å². The average Bonchev–Trinajstić information content (AvgIpc) is 2.87. The van der Waals surface area contributed by atoms with Gasteiger partial charge in [0.2, 0.25) is 5.91 Å². The van der Waals surface area contributed by atoms with Crippen LogP contribution in [0.3, 0.4) is 0 Å². The molecular weight excluding hydrogens is 252 g/mol. The van der Waals surface area contributed by atoms with E-state index in [1.165, 1.54) is 0 Å². The highest BCUT2D eigenvalue weighted by Gasteiger charge is 2.18. The van der Waals surface area contributed by atoms with Crippen LogP contribution < -0.4 is 5.32 Å². The quantitative estimate of drug-likeness (QED) is 0.847. The monoisotopic (exact) mass is 270 g/mol. The van der Waals surface area contributed by atoms with Crippen LogP contribution in [0.5, 0.6) is 0 Å². The van der Waals surface area contributed by atoms with Crippen LogP contribution in [0.15, 0.2) is 34.7 Å². The number of furan rings is 1. The highest BCUT2D eigenvalue weighted by Crippen LogP contribution is 2.26. The number of likely N-dealkylation sites (N-methyl/N-ethyl adjacent to an activating group) is 1. The lowest BCUT2D eigenvalue weighted by Crippen LogP contribution is -2.36. The van der Waals surface area contributed by atoms with Crippen molar-refractivity contribution in [3.8, 4) is 12.3 Å². The number of fused-ring (bicyclic) bond motifs is 1. The van der Waals surface area contributed by atoms with Gasteiger partial charge in [0.15, 0.2) is 0 Å². The lowest BCUT2D eigenvalue weighted by Gasteiger charge is -2.21. The van der Waals surface area contributed by atoms with E-state index in [0.717, 1.165) is 16.7 Å². The maximum absolute atomic E-state index is 11.6. The van der Waals surface area contributed by atoms with E-state index in [1.54, 1.807) is 0 Å². The largest absolute Gasteiger partial charge is 0.459 e. The molecule has 4 heteroatoms. The molecule has 0 aliphatic heterocycles. The minimum absolute atomic E-state index is 0.0129. The van der Waals surface area contributed by atoms with E-state index in [2.05, 4.69) is 11.2 Å². The fourth-order valence-electron chi connectivity index (χ4n) is 1.99. The minimum Gasteiger partial charge on any atom is -0.459 e. The molecule has 1 atom stereocenters. The van der Waals surface area contributed by atoms with Crippen molar-refractivity contribution in [2.24, 2.45) is 0 Å². The molecule has 1 aromatic carbocycles. The first-order valence-electron chi connectivity index (χ1n) is 6.50. The number of amides is 1. The molecule has 0 fully saturated rings. The molecule has 104 valence electrons. The summed E-state index contributed by atoms with van der Waals surface area (Å²) in [5, 5.41) is 3.72. The van der Waals surface area contributed by atoms with Crippen molar-refractivity contribution < 1.29 is 9.21 Å². The fraction of sp³-hybridized carbons (Fsp3) is 0.312. The molecule has 0 aliphatic rings. The molecule has 0 aliphatic carbocycles. The number of rotatable bonds is 5. The standard InChI is InChI=1S/C16H18N2O2/c1-4-9-17-16(19)11-18(3)12(2)15-10-13-7-5-6-8-14(13)20-15/h1,5-8,10,12H,9,11H2,2-3H3,(H,17,19)/t12-/m0/s1. The number of hydrogen-bond donors (Lipinski definition) is 1. The molecule has 2 rings (SSSR count). The second-order valence-corrected chi connectivity index (χ2v) is 4.76. The van der Waals surface area contributed by atoms with Crippen molar-refractivity contribution >= 4 is 16.9 Å². The highest BCUT2D eigenvalue weighted by molar-refractivity contribution is 5.79. The summed E-state index contributed by atoms with van der Waals surface area (Å²) in [5.41, 5.74) is 0.861. The predicted octanol–water partition coefficient (Wildman–Crippen LogP) is 2.17. The molecular formula is C16H18N2O2. The molecule has 0 saturated heterocycles. The Morgan fingerprint density at radius 2 is 2.25 bits per heavy atom. The summed E-state index contributed by atoms with van der Waals surface area (Å²) in [5.74, 6) is 3.14. The lowest BCUT2D eigenvalue weighted by atomic mass is 10.2. The molecule has 4 nitrogen and oxygen atoms in total. The number of para-hydroxylation sites is 1. The normalized spacial score (nSPS) is 12.3. The van der Waals surface area contributed by atoms with Gasteiger partial charge >= 0.3 is 0 Å². The first-order valence-corrected chi connectivity index (χ1v) is 6.50. The van der Waals surface area contributed by atoms with Crippen LogP contribution in [-0.4, -0.2) is 30.9 Å². The second kappa shape index (κ2) is 6.27. The van der Waals surface area contributed by atoms with Crippen molar-refractivity contribution in [3.05, 3.63) is 36.1 Å². The number of nitrogens with one attached hydrogen (secondary N) is 1. The molecule has 20 heavy (non-hydrogen) atoms.